The lowest BCUT2D eigenvalue weighted by Crippen LogP contribution is -2.62. The van der Waals surface area contributed by atoms with Crippen molar-refractivity contribution in [2.75, 3.05) is 0 Å². The highest BCUT2D eigenvalue weighted by molar-refractivity contribution is 5.75. The predicted octanol–water partition coefficient (Wildman–Crippen LogP) is 4.48. The Morgan fingerprint density at radius 1 is 1.04 bits per heavy atom. The molecule has 3 nitrogen and oxygen atoms in total. The van der Waals surface area contributed by atoms with Gasteiger partial charge in [-0.25, -0.2) is 0 Å². The molecule has 3 aliphatic rings. The Hall–Kier alpha value is -0.570. The van der Waals surface area contributed by atoms with E-state index in [4.69, 9.17) is 0 Å². The van der Waals surface area contributed by atoms with Gasteiger partial charge < -0.3 is 10.2 Å². The standard InChI is InChI=1S/C20H34O3/c1-13(2)14-6-7-16-18(3)9-5-10-19(4,17(21)22)15(18)8-11-20(16,23)12-14/h13-16,23H,5-12H2,1-4H3,(H,21,22). The second-order valence-corrected chi connectivity index (χ2v) is 9.61. The van der Waals surface area contributed by atoms with Gasteiger partial charge in [-0.1, -0.05) is 27.2 Å². The first-order valence-electron chi connectivity index (χ1n) is 9.59. The summed E-state index contributed by atoms with van der Waals surface area (Å²) in [5, 5.41) is 21.3. The fraction of sp³-hybridized carbons (Fsp3) is 0.950. The summed E-state index contributed by atoms with van der Waals surface area (Å²) in [5.41, 5.74) is -1.18. The van der Waals surface area contributed by atoms with Gasteiger partial charge >= 0.3 is 5.97 Å². The number of fused-ring (bicyclic) bond motifs is 3. The largest absolute Gasteiger partial charge is 0.481 e. The smallest absolute Gasteiger partial charge is 0.309 e. The molecule has 132 valence electrons. The molecule has 0 aromatic rings. The summed E-state index contributed by atoms with van der Waals surface area (Å²) < 4.78 is 0. The van der Waals surface area contributed by atoms with Gasteiger partial charge in [-0.2, -0.15) is 0 Å². The van der Waals surface area contributed by atoms with Crippen molar-refractivity contribution in [1.82, 2.24) is 0 Å². The Morgan fingerprint density at radius 2 is 1.74 bits per heavy atom. The molecule has 23 heavy (non-hydrogen) atoms. The van der Waals surface area contributed by atoms with E-state index < -0.39 is 17.0 Å². The summed E-state index contributed by atoms with van der Waals surface area (Å²) in [5.74, 6) is 1.10. The van der Waals surface area contributed by atoms with Crippen LogP contribution < -0.4 is 0 Å². The summed E-state index contributed by atoms with van der Waals surface area (Å²) in [4.78, 5) is 12.0. The summed E-state index contributed by atoms with van der Waals surface area (Å²) in [6.07, 6.45) is 7.71. The molecule has 3 rings (SSSR count). The van der Waals surface area contributed by atoms with Crippen LogP contribution in [0.15, 0.2) is 0 Å². The minimum Gasteiger partial charge on any atom is -0.481 e. The third kappa shape index (κ3) is 2.45. The molecule has 0 spiro atoms. The van der Waals surface area contributed by atoms with Crippen LogP contribution in [0.5, 0.6) is 0 Å². The number of carboxylic acid groups (broad SMARTS) is 1. The average molecular weight is 322 g/mol. The summed E-state index contributed by atoms with van der Waals surface area (Å²) >= 11 is 0. The maximum Gasteiger partial charge on any atom is 0.309 e. The van der Waals surface area contributed by atoms with E-state index in [0.717, 1.165) is 44.9 Å². The van der Waals surface area contributed by atoms with Gasteiger partial charge in [-0.15, -0.1) is 0 Å². The molecule has 0 bridgehead atoms. The zero-order chi connectivity index (χ0) is 17.0. The van der Waals surface area contributed by atoms with Crippen LogP contribution in [-0.2, 0) is 4.79 Å². The number of carboxylic acids is 1. The summed E-state index contributed by atoms with van der Waals surface area (Å²) in [7, 11) is 0. The minimum atomic E-state index is -0.630. The maximum atomic E-state index is 12.0. The molecule has 3 fully saturated rings. The molecule has 0 saturated heterocycles. The first kappa shape index (κ1) is 17.3. The molecule has 3 aliphatic carbocycles. The second kappa shape index (κ2) is 5.47. The molecular weight excluding hydrogens is 288 g/mol. The average Bonchev–Trinajstić information content (AvgIpc) is 2.45. The van der Waals surface area contributed by atoms with Gasteiger partial charge in [0.25, 0.3) is 0 Å². The Bertz CT molecular complexity index is 487. The zero-order valence-corrected chi connectivity index (χ0v) is 15.3. The van der Waals surface area contributed by atoms with Gasteiger partial charge in [-0.3, -0.25) is 4.79 Å². The Kier molecular flexibility index (Phi) is 4.11. The summed E-state index contributed by atoms with van der Waals surface area (Å²) in [6, 6.07) is 0. The van der Waals surface area contributed by atoms with Gasteiger partial charge in [0, 0.05) is 0 Å². The quantitative estimate of drug-likeness (QED) is 0.788. The van der Waals surface area contributed by atoms with Crippen LogP contribution in [-0.4, -0.2) is 21.8 Å². The van der Waals surface area contributed by atoms with Crippen molar-refractivity contribution >= 4 is 5.97 Å². The van der Waals surface area contributed by atoms with Crippen LogP contribution in [0.1, 0.15) is 79.1 Å². The lowest BCUT2D eigenvalue weighted by atomic mass is 9.42. The molecule has 2 N–H and O–H groups in total. The highest BCUT2D eigenvalue weighted by atomic mass is 16.4. The molecule has 0 aromatic heterocycles. The van der Waals surface area contributed by atoms with E-state index in [0.29, 0.717) is 11.8 Å². The fourth-order valence-electron chi connectivity index (χ4n) is 6.76. The van der Waals surface area contributed by atoms with E-state index >= 15 is 0 Å². The van der Waals surface area contributed by atoms with Crippen LogP contribution >= 0.6 is 0 Å². The molecule has 0 aliphatic heterocycles. The first-order valence-corrected chi connectivity index (χ1v) is 9.59. The number of carbonyl (C=O) groups is 1. The molecule has 3 heteroatoms. The molecule has 6 unspecified atom stereocenters. The van der Waals surface area contributed by atoms with Crippen LogP contribution in [0.25, 0.3) is 0 Å². The maximum absolute atomic E-state index is 12.0. The highest BCUT2D eigenvalue weighted by Gasteiger charge is 2.63. The van der Waals surface area contributed by atoms with Crippen LogP contribution in [0.2, 0.25) is 0 Å². The van der Waals surface area contributed by atoms with Crippen LogP contribution in [0, 0.1) is 34.5 Å². The fourth-order valence-corrected chi connectivity index (χ4v) is 6.76. The molecule has 0 heterocycles. The Labute approximate surface area is 140 Å². The van der Waals surface area contributed by atoms with E-state index in [1.165, 1.54) is 6.42 Å². The lowest BCUT2D eigenvalue weighted by Gasteiger charge is -2.63. The van der Waals surface area contributed by atoms with E-state index in [1.54, 1.807) is 0 Å². The Morgan fingerprint density at radius 3 is 2.35 bits per heavy atom. The Balaban J connectivity index is 1.93. The normalized spacial score (nSPS) is 50.3. The van der Waals surface area contributed by atoms with E-state index in [2.05, 4.69) is 20.8 Å². The van der Waals surface area contributed by atoms with Crippen molar-refractivity contribution in [3.8, 4) is 0 Å². The van der Waals surface area contributed by atoms with Gasteiger partial charge in [-0.05, 0) is 81.0 Å². The molecule has 3 saturated carbocycles. The highest BCUT2D eigenvalue weighted by Crippen LogP contribution is 2.65. The van der Waals surface area contributed by atoms with Crippen LogP contribution in [0.4, 0.5) is 0 Å². The van der Waals surface area contributed by atoms with E-state index in [-0.39, 0.29) is 17.3 Å². The van der Waals surface area contributed by atoms with Gasteiger partial charge in [0.2, 0.25) is 0 Å². The number of hydrogen-bond donors (Lipinski definition) is 2. The van der Waals surface area contributed by atoms with Crippen molar-refractivity contribution in [3.05, 3.63) is 0 Å². The van der Waals surface area contributed by atoms with Gasteiger partial charge in [0.05, 0.1) is 11.0 Å². The second-order valence-electron chi connectivity index (χ2n) is 9.61. The summed E-state index contributed by atoms with van der Waals surface area (Å²) in [6.45, 7) is 8.79. The van der Waals surface area contributed by atoms with Crippen molar-refractivity contribution in [1.29, 1.82) is 0 Å². The zero-order valence-electron chi connectivity index (χ0n) is 15.3. The molecule has 6 atom stereocenters. The molecule has 0 aromatic carbocycles. The third-order valence-electron chi connectivity index (χ3n) is 8.16. The van der Waals surface area contributed by atoms with Crippen molar-refractivity contribution in [2.24, 2.45) is 34.5 Å². The molecular formula is C20H34O3. The monoisotopic (exact) mass is 322 g/mol. The van der Waals surface area contributed by atoms with Crippen LogP contribution in [0.3, 0.4) is 0 Å². The third-order valence-corrected chi connectivity index (χ3v) is 8.16. The van der Waals surface area contributed by atoms with Crippen molar-refractivity contribution in [2.45, 2.75) is 84.7 Å². The molecule has 0 amide bonds. The molecule has 0 radical (unpaired) electrons. The van der Waals surface area contributed by atoms with Crippen molar-refractivity contribution < 1.29 is 15.0 Å². The minimum absolute atomic E-state index is 0.0136. The van der Waals surface area contributed by atoms with Gasteiger partial charge in [0.1, 0.15) is 0 Å². The number of hydrogen-bond acceptors (Lipinski definition) is 2. The topological polar surface area (TPSA) is 57.5 Å². The number of rotatable bonds is 2. The predicted molar refractivity (Wildman–Crippen MR) is 91.0 cm³/mol. The lowest BCUT2D eigenvalue weighted by molar-refractivity contribution is -0.209. The van der Waals surface area contributed by atoms with Crippen molar-refractivity contribution in [3.63, 3.8) is 0 Å². The van der Waals surface area contributed by atoms with E-state index in [1.807, 2.05) is 6.92 Å². The SMILES string of the molecule is CC(C)C1CCC2C(O)(CCC3C(C)(C(=O)O)CCCC23C)C1. The first-order chi connectivity index (χ1) is 10.6. The number of aliphatic carboxylic acids is 1. The van der Waals surface area contributed by atoms with Gasteiger partial charge in [0.15, 0.2) is 0 Å². The number of aliphatic hydroxyl groups is 1. The van der Waals surface area contributed by atoms with E-state index in [9.17, 15) is 15.0 Å².